The van der Waals surface area contributed by atoms with E-state index < -0.39 is 6.10 Å². The molecular weight excluding hydrogens is 430 g/mol. The summed E-state index contributed by atoms with van der Waals surface area (Å²) in [5.41, 5.74) is 2.30. The van der Waals surface area contributed by atoms with E-state index in [0.717, 1.165) is 5.56 Å². The van der Waals surface area contributed by atoms with Gasteiger partial charge >= 0.3 is 0 Å². The van der Waals surface area contributed by atoms with Crippen molar-refractivity contribution in [1.82, 2.24) is 9.88 Å². The third kappa shape index (κ3) is 7.69. The normalized spacial score (nSPS) is 12.5. The fraction of sp³-hybridized carbons (Fsp3) is 0.292. The average Bonchev–Trinajstić information content (AvgIpc) is 3.23. The molecule has 2 atom stereocenters. The number of para-hydroxylation sites is 1. The van der Waals surface area contributed by atoms with Crippen LogP contribution in [0.5, 0.6) is 5.75 Å². The van der Waals surface area contributed by atoms with Crippen LogP contribution in [0.4, 0.5) is 5.69 Å². The zero-order valence-corrected chi connectivity index (χ0v) is 18.8. The number of aliphatic hydroxyl groups excluding tert-OH is 2. The highest BCUT2D eigenvalue weighted by Gasteiger charge is 2.13. The number of hydrogen-bond donors (Lipinski definition) is 4. The number of halogens is 1. The monoisotopic (exact) mass is 459 g/mol. The lowest BCUT2D eigenvalue weighted by atomic mass is 10.1. The molecule has 172 valence electrons. The van der Waals surface area contributed by atoms with Crippen molar-refractivity contribution in [3.05, 3.63) is 84.2 Å². The van der Waals surface area contributed by atoms with E-state index in [9.17, 15) is 15.0 Å². The summed E-state index contributed by atoms with van der Waals surface area (Å²) >= 11 is 0. The highest BCUT2D eigenvalue weighted by molar-refractivity contribution is 6.03. The second kappa shape index (κ2) is 12.9. The van der Waals surface area contributed by atoms with Crippen molar-refractivity contribution in [3.63, 3.8) is 0 Å². The molecule has 7 nitrogen and oxygen atoms in total. The largest absolute Gasteiger partial charge is 0.491 e. The van der Waals surface area contributed by atoms with Gasteiger partial charge < -0.3 is 30.2 Å². The summed E-state index contributed by atoms with van der Waals surface area (Å²) in [5.74, 6) is 0.543. The molecule has 32 heavy (non-hydrogen) atoms. The summed E-state index contributed by atoms with van der Waals surface area (Å²) in [6, 6.07) is 20.2. The van der Waals surface area contributed by atoms with E-state index in [1.54, 1.807) is 10.6 Å². The standard InChI is InChI=1S/C24H29N3O4.ClH/c1-27-13-5-8-23(27)24(30)26-19-11-9-18(10-12-19)14-20(16-28)25-15-21(29)17-31-22-6-3-2-4-7-22;/h2-13,20-21,25,28-29H,14-17H2,1H3,(H,26,30);1H/t20-,21-;/m0./s1. The minimum absolute atomic E-state index is 0. The lowest BCUT2D eigenvalue weighted by Gasteiger charge is -2.19. The number of aryl methyl sites for hydroxylation is 1. The van der Waals surface area contributed by atoms with Gasteiger partial charge in [0, 0.05) is 31.5 Å². The second-order valence-corrected chi connectivity index (χ2v) is 7.43. The number of rotatable bonds is 11. The summed E-state index contributed by atoms with van der Waals surface area (Å²) in [6.07, 6.45) is 1.73. The van der Waals surface area contributed by atoms with E-state index in [-0.39, 0.29) is 37.6 Å². The Hall–Kier alpha value is -2.84. The lowest BCUT2D eigenvalue weighted by Crippen LogP contribution is -2.41. The molecule has 1 amide bonds. The number of hydrogen-bond acceptors (Lipinski definition) is 5. The molecule has 3 aromatic rings. The number of anilines is 1. The van der Waals surface area contributed by atoms with Gasteiger partial charge in [-0.2, -0.15) is 0 Å². The van der Waals surface area contributed by atoms with E-state index in [1.807, 2.05) is 73.9 Å². The van der Waals surface area contributed by atoms with Gasteiger partial charge in [0.05, 0.1) is 6.61 Å². The molecule has 4 N–H and O–H groups in total. The number of aromatic nitrogens is 1. The van der Waals surface area contributed by atoms with E-state index in [0.29, 0.717) is 30.1 Å². The highest BCUT2D eigenvalue weighted by Crippen LogP contribution is 2.13. The Morgan fingerprint density at radius 3 is 2.41 bits per heavy atom. The fourth-order valence-electron chi connectivity index (χ4n) is 3.17. The van der Waals surface area contributed by atoms with Crippen molar-refractivity contribution in [2.75, 3.05) is 25.1 Å². The molecule has 0 fully saturated rings. The molecule has 0 saturated heterocycles. The van der Waals surface area contributed by atoms with Gasteiger partial charge in [-0.25, -0.2) is 0 Å². The summed E-state index contributed by atoms with van der Waals surface area (Å²) in [4.78, 5) is 12.3. The Morgan fingerprint density at radius 2 is 1.78 bits per heavy atom. The number of carbonyl (C=O) groups is 1. The van der Waals surface area contributed by atoms with Crippen molar-refractivity contribution in [3.8, 4) is 5.75 Å². The molecule has 0 aliphatic heterocycles. The maximum absolute atomic E-state index is 12.3. The molecule has 8 heteroatoms. The highest BCUT2D eigenvalue weighted by atomic mass is 35.5. The van der Waals surface area contributed by atoms with E-state index in [2.05, 4.69) is 10.6 Å². The van der Waals surface area contributed by atoms with Crippen LogP contribution in [0.2, 0.25) is 0 Å². The first kappa shape index (κ1) is 25.4. The summed E-state index contributed by atoms with van der Waals surface area (Å²) in [6.45, 7) is 0.422. The fourth-order valence-corrected chi connectivity index (χ4v) is 3.17. The van der Waals surface area contributed by atoms with E-state index in [1.165, 1.54) is 0 Å². The van der Waals surface area contributed by atoms with Gasteiger partial charge in [0.15, 0.2) is 0 Å². The molecule has 0 saturated carbocycles. The van der Waals surface area contributed by atoms with Crippen molar-refractivity contribution in [2.24, 2.45) is 7.05 Å². The molecule has 0 bridgehead atoms. The maximum Gasteiger partial charge on any atom is 0.272 e. The molecule has 0 aliphatic carbocycles. The number of benzene rings is 2. The van der Waals surface area contributed by atoms with Gasteiger partial charge in [-0.1, -0.05) is 30.3 Å². The van der Waals surface area contributed by atoms with Crippen LogP contribution in [0, 0.1) is 0 Å². The number of nitrogens with one attached hydrogen (secondary N) is 2. The van der Waals surface area contributed by atoms with Crippen molar-refractivity contribution in [1.29, 1.82) is 0 Å². The molecule has 1 aromatic heterocycles. The smallest absolute Gasteiger partial charge is 0.272 e. The van der Waals surface area contributed by atoms with Gasteiger partial charge in [-0.3, -0.25) is 4.79 Å². The summed E-state index contributed by atoms with van der Waals surface area (Å²) in [5, 5.41) is 25.9. The van der Waals surface area contributed by atoms with Crippen LogP contribution in [-0.2, 0) is 13.5 Å². The van der Waals surface area contributed by atoms with Crippen LogP contribution in [0.25, 0.3) is 0 Å². The second-order valence-electron chi connectivity index (χ2n) is 7.43. The minimum atomic E-state index is -0.690. The molecule has 0 unspecified atom stereocenters. The van der Waals surface area contributed by atoms with Crippen molar-refractivity contribution >= 4 is 24.0 Å². The minimum Gasteiger partial charge on any atom is -0.491 e. The number of nitrogens with zero attached hydrogens (tertiary/aromatic N) is 1. The number of carbonyl (C=O) groups excluding carboxylic acids is 1. The summed E-state index contributed by atoms with van der Waals surface area (Å²) < 4.78 is 7.31. The van der Waals surface area contributed by atoms with Crippen LogP contribution < -0.4 is 15.4 Å². The van der Waals surface area contributed by atoms with Crippen molar-refractivity contribution < 1.29 is 19.7 Å². The van der Waals surface area contributed by atoms with Crippen LogP contribution >= 0.6 is 12.4 Å². The first-order chi connectivity index (χ1) is 15.0. The number of aliphatic hydroxyl groups is 2. The van der Waals surface area contributed by atoms with E-state index in [4.69, 9.17) is 4.74 Å². The molecule has 0 spiro atoms. The third-order valence-electron chi connectivity index (χ3n) is 4.92. The maximum atomic E-state index is 12.3. The number of ether oxygens (including phenoxy) is 1. The molecular formula is C24H30ClN3O4. The third-order valence-corrected chi connectivity index (χ3v) is 4.92. The Morgan fingerprint density at radius 1 is 1.06 bits per heavy atom. The Kier molecular flexibility index (Phi) is 10.2. The lowest BCUT2D eigenvalue weighted by molar-refractivity contribution is 0.0997. The molecule has 1 heterocycles. The zero-order valence-electron chi connectivity index (χ0n) is 18.0. The molecule has 0 radical (unpaired) electrons. The van der Waals surface area contributed by atoms with Crippen LogP contribution in [0.15, 0.2) is 72.9 Å². The van der Waals surface area contributed by atoms with E-state index >= 15 is 0 Å². The van der Waals surface area contributed by atoms with Crippen LogP contribution in [-0.4, -0.2) is 52.6 Å². The summed E-state index contributed by atoms with van der Waals surface area (Å²) in [7, 11) is 1.82. The Labute approximate surface area is 194 Å². The van der Waals surface area contributed by atoms with Crippen LogP contribution in [0.1, 0.15) is 16.1 Å². The molecule has 0 aliphatic rings. The van der Waals surface area contributed by atoms with Gasteiger partial charge in [-0.15, -0.1) is 12.4 Å². The topological polar surface area (TPSA) is 95.8 Å². The van der Waals surface area contributed by atoms with Gasteiger partial charge in [0.2, 0.25) is 0 Å². The average molecular weight is 460 g/mol. The van der Waals surface area contributed by atoms with Gasteiger partial charge in [0.25, 0.3) is 5.91 Å². The van der Waals surface area contributed by atoms with Crippen molar-refractivity contribution in [2.45, 2.75) is 18.6 Å². The SMILES string of the molecule is Cl.Cn1cccc1C(=O)Nc1ccc(C[C@@H](CO)NC[C@H](O)COc2ccccc2)cc1. The predicted octanol–water partition coefficient (Wildman–Crippen LogP) is 2.63. The molecule has 3 rings (SSSR count). The van der Waals surface area contributed by atoms with Crippen LogP contribution in [0.3, 0.4) is 0 Å². The first-order valence-electron chi connectivity index (χ1n) is 10.3. The zero-order chi connectivity index (χ0) is 22.1. The van der Waals surface area contributed by atoms with Gasteiger partial charge in [-0.05, 0) is 48.4 Å². The Balaban J connectivity index is 0.00000363. The predicted molar refractivity (Wildman–Crippen MR) is 128 cm³/mol. The quantitative estimate of drug-likeness (QED) is 0.353. The van der Waals surface area contributed by atoms with Gasteiger partial charge in [0.1, 0.15) is 24.2 Å². The molecule has 2 aromatic carbocycles. The Bertz CT molecular complexity index is 947. The first-order valence-corrected chi connectivity index (χ1v) is 10.3. The number of amides is 1.